The van der Waals surface area contributed by atoms with Gasteiger partial charge in [0, 0.05) is 92.5 Å². The molecular weight excluding hydrogens is 1280 g/mol. The van der Waals surface area contributed by atoms with Crippen molar-refractivity contribution in [2.24, 2.45) is 49.4 Å². The van der Waals surface area contributed by atoms with Gasteiger partial charge in [-0.2, -0.15) is 15.8 Å². The number of nitrogens with zero attached hydrogens (tertiary/aromatic N) is 3. The van der Waals surface area contributed by atoms with Gasteiger partial charge in [0.2, 0.25) is 5.91 Å². The molecule has 10 aliphatic rings. The molecule has 3 saturated heterocycles. The van der Waals surface area contributed by atoms with Crippen LogP contribution in [0.25, 0.3) is 0 Å². The number of hydrogen-bond donors (Lipinski definition) is 10. The van der Waals surface area contributed by atoms with Crippen molar-refractivity contribution in [2.75, 3.05) is 32.7 Å². The summed E-state index contributed by atoms with van der Waals surface area (Å²) in [5.41, 5.74) is 20.8. The third-order valence-electron chi connectivity index (χ3n) is 24.2. The van der Waals surface area contributed by atoms with E-state index < -0.39 is 0 Å². The lowest BCUT2D eigenvalue weighted by Gasteiger charge is -2.24. The first kappa shape index (κ1) is 80.7. The van der Waals surface area contributed by atoms with E-state index in [1.165, 1.54) is 111 Å². The van der Waals surface area contributed by atoms with Crippen LogP contribution in [0.5, 0.6) is 0 Å². The normalized spacial score (nSPS) is 24.1. The molecule has 10 fully saturated rings. The topological polar surface area (TPSA) is 254 Å². The lowest BCUT2D eigenvalue weighted by Crippen LogP contribution is -2.39. The molecule has 0 aromatic heterocycles. The Kier molecular flexibility index (Phi) is 28.5. The van der Waals surface area contributed by atoms with Crippen LogP contribution in [-0.2, 0) is 9.59 Å². The molecule has 3 spiro atoms. The molecule has 104 heavy (non-hydrogen) atoms. The molecule has 3 heterocycles. The van der Waals surface area contributed by atoms with Crippen molar-refractivity contribution in [1.29, 1.82) is 15.8 Å². The average Bonchev–Trinajstić information content (AvgIpc) is 1.54. The van der Waals surface area contributed by atoms with E-state index in [2.05, 4.69) is 207 Å². The second-order valence-corrected chi connectivity index (χ2v) is 33.2. The van der Waals surface area contributed by atoms with Crippen LogP contribution in [0, 0.1) is 71.9 Å². The highest BCUT2D eigenvalue weighted by molar-refractivity contribution is 5.88. The van der Waals surface area contributed by atoms with Crippen molar-refractivity contribution in [1.82, 2.24) is 42.5 Å². The van der Waals surface area contributed by atoms with E-state index >= 15 is 0 Å². The van der Waals surface area contributed by atoms with Crippen LogP contribution < -0.4 is 54.0 Å². The minimum absolute atomic E-state index is 0.0253. The highest BCUT2D eigenvalue weighted by atomic mass is 16.2. The Balaban J connectivity index is 0.000000140. The molecule has 7 aliphatic carbocycles. The predicted molar refractivity (Wildman–Crippen MR) is 422 cm³/mol. The maximum Gasteiger partial charge on any atom is 0.227 e. The van der Waals surface area contributed by atoms with Gasteiger partial charge < -0.3 is 42.8 Å². The molecule has 15 nitrogen and oxygen atoms in total. The van der Waals surface area contributed by atoms with Gasteiger partial charge in [-0.3, -0.25) is 20.7 Å². The molecule has 16 rings (SSSR count). The van der Waals surface area contributed by atoms with E-state index in [1.807, 2.05) is 105 Å². The van der Waals surface area contributed by atoms with Gasteiger partial charge in [-0.25, -0.2) is 0 Å². The van der Waals surface area contributed by atoms with E-state index in [0.717, 1.165) is 51.6 Å². The molecule has 6 aromatic rings. The smallest absolute Gasteiger partial charge is 0.227 e. The Bertz CT molecular complexity index is 3510. The number of carbonyl (C=O) groups is 2. The van der Waals surface area contributed by atoms with Crippen molar-refractivity contribution >= 4 is 12.2 Å². The van der Waals surface area contributed by atoms with Gasteiger partial charge in [-0.15, -0.1) is 0 Å². The summed E-state index contributed by atoms with van der Waals surface area (Å²) >= 11 is 0. The molecule has 0 bridgehead atoms. The van der Waals surface area contributed by atoms with Crippen LogP contribution in [0.15, 0.2) is 182 Å². The molecular formula is C89H123N13O2. The molecule has 0 radical (unpaired) electrons. The zero-order chi connectivity index (χ0) is 74.6. The standard InChI is InChI=1S/C14H18N2O.C14H20N2.3C14H18N2.C8H11N.C6H12N2.C5H8O/c1-10(11-5-3-2-4-6-11)16-12-9-15-13(17)14(12)7-8-14;1-11(12-5-3-2-4-6-12)16-13-9-15-10-14(13)7-8-14;3*1-11(12-6-4-3-5-7-12)16-13(10-15)14(2)8-9-14;1-7(9)8-5-3-2-4-6-8;7-5-3-8-4-6(5)1-2-6;1-5(4-6)2-3-5/h2-6,10,12,16H,7-9H2,1H3,(H,15,17);2-6,11,13,15-16H,7-10H2,1H3;3*3-7,11,13,16H,8-9H2,1-2H3;2-7H,9H2,1H3;5,8H,1-4,7H2;4H,2-3H2,1H3/t;;;;;;5-;/m......1./s1. The monoisotopic (exact) mass is 1410 g/mol. The van der Waals surface area contributed by atoms with Gasteiger partial charge >= 0.3 is 0 Å². The van der Waals surface area contributed by atoms with Crippen LogP contribution in [-0.4, -0.2) is 81.2 Å². The number of hydrogen-bond acceptors (Lipinski definition) is 14. The molecule has 6 aromatic carbocycles. The lowest BCUT2D eigenvalue weighted by atomic mass is 9.98. The Labute approximate surface area is 624 Å². The molecule has 15 heteroatoms. The Morgan fingerprint density at radius 3 is 0.962 bits per heavy atom. The highest BCUT2D eigenvalue weighted by Gasteiger charge is 2.59. The second kappa shape index (κ2) is 36.7. The van der Waals surface area contributed by atoms with E-state index in [4.69, 9.17) is 11.5 Å². The summed E-state index contributed by atoms with van der Waals surface area (Å²) in [6.45, 7) is 26.6. The largest absolute Gasteiger partial charge is 0.354 e. The number of amides is 1. The van der Waals surface area contributed by atoms with Crippen LogP contribution in [0.3, 0.4) is 0 Å². The summed E-state index contributed by atoms with van der Waals surface area (Å²) in [6, 6.07) is 72.2. The molecule has 1 amide bonds. The molecule has 11 unspecified atom stereocenters. The van der Waals surface area contributed by atoms with Crippen LogP contribution >= 0.6 is 0 Å². The quantitative estimate of drug-likeness (QED) is 0.0319. The molecule has 12 atom stereocenters. The number of nitriles is 3. The van der Waals surface area contributed by atoms with Crippen LogP contribution in [0.1, 0.15) is 229 Å². The van der Waals surface area contributed by atoms with Crippen molar-refractivity contribution in [2.45, 2.75) is 232 Å². The van der Waals surface area contributed by atoms with E-state index in [0.29, 0.717) is 41.0 Å². The average molecular weight is 1410 g/mol. The molecule has 12 N–H and O–H groups in total. The first-order valence-electron chi connectivity index (χ1n) is 38.9. The van der Waals surface area contributed by atoms with E-state index in [-0.39, 0.29) is 75.3 Å². The van der Waals surface area contributed by atoms with Crippen LogP contribution in [0.4, 0.5) is 0 Å². The zero-order valence-electron chi connectivity index (χ0n) is 64.1. The first-order valence-corrected chi connectivity index (χ1v) is 38.9. The third kappa shape index (κ3) is 23.0. The predicted octanol–water partition coefficient (Wildman–Crippen LogP) is 15.2. The molecule has 3 aliphatic heterocycles. The SMILES string of the molecule is CC(N)c1ccccc1.CC(NC(C#N)C1(C)CC1)c1ccccc1.CC(NC(C#N)C1(C)CC1)c1ccccc1.CC(NC(C#N)C1(C)CC1)c1ccccc1.CC(NC1CNC(=O)C12CC2)c1ccccc1.CC(NC1CNCC12CC2)c1ccccc1.CC1(C=O)CC1.N[C@@H]1CNCC12CC2. The summed E-state index contributed by atoms with van der Waals surface area (Å²) in [6.07, 6.45) is 17.9. The van der Waals surface area contributed by atoms with Crippen molar-refractivity contribution < 1.29 is 9.59 Å². The molecule has 556 valence electrons. The third-order valence-corrected chi connectivity index (χ3v) is 24.2. The van der Waals surface area contributed by atoms with Gasteiger partial charge in [0.1, 0.15) is 24.4 Å². The van der Waals surface area contributed by atoms with Crippen molar-refractivity contribution in [3.05, 3.63) is 215 Å². The number of nitrogens with two attached hydrogens (primary N) is 2. The fourth-order valence-corrected chi connectivity index (χ4v) is 14.2. The second-order valence-electron chi connectivity index (χ2n) is 33.2. The first-order chi connectivity index (χ1) is 49.9. The summed E-state index contributed by atoms with van der Waals surface area (Å²) in [7, 11) is 0. The number of nitrogens with one attached hydrogen (secondary N) is 8. The zero-order valence-corrected chi connectivity index (χ0v) is 64.1. The Hall–Kier alpha value is -7.43. The number of aldehydes is 1. The van der Waals surface area contributed by atoms with Gasteiger partial charge in [0.15, 0.2) is 0 Å². The van der Waals surface area contributed by atoms with Gasteiger partial charge in [0.25, 0.3) is 0 Å². The van der Waals surface area contributed by atoms with Gasteiger partial charge in [-0.1, -0.05) is 210 Å². The minimum atomic E-state index is -0.0803. The fourth-order valence-electron chi connectivity index (χ4n) is 14.2. The summed E-state index contributed by atoms with van der Waals surface area (Å²) < 4.78 is 0. The van der Waals surface area contributed by atoms with E-state index in [1.54, 1.807) is 0 Å². The Morgan fingerprint density at radius 2 is 0.721 bits per heavy atom. The Morgan fingerprint density at radius 1 is 0.413 bits per heavy atom. The minimum Gasteiger partial charge on any atom is -0.354 e. The lowest BCUT2D eigenvalue weighted by molar-refractivity contribution is -0.123. The van der Waals surface area contributed by atoms with Crippen molar-refractivity contribution in [3.8, 4) is 18.2 Å². The van der Waals surface area contributed by atoms with E-state index in [9.17, 15) is 25.4 Å². The maximum absolute atomic E-state index is 11.7. The summed E-state index contributed by atoms with van der Waals surface area (Å²) in [4.78, 5) is 21.6. The molecule has 7 saturated carbocycles. The highest BCUT2D eigenvalue weighted by Crippen LogP contribution is 2.54. The number of rotatable bonds is 20. The maximum atomic E-state index is 11.7. The van der Waals surface area contributed by atoms with Gasteiger partial charge in [-0.05, 0) is 192 Å². The van der Waals surface area contributed by atoms with Crippen LogP contribution in [0.2, 0.25) is 0 Å². The van der Waals surface area contributed by atoms with Crippen molar-refractivity contribution in [3.63, 3.8) is 0 Å². The number of carbonyl (C=O) groups excluding carboxylic acids is 2. The summed E-state index contributed by atoms with van der Waals surface area (Å²) in [5, 5.41) is 55.0. The fraction of sp³-hybridized carbons (Fsp3) is 0.539. The summed E-state index contributed by atoms with van der Waals surface area (Å²) in [5.74, 6) is 0.246. The van der Waals surface area contributed by atoms with Gasteiger partial charge in [0.05, 0.1) is 23.6 Å². The number of benzene rings is 6.